The molecule has 3 rings (SSSR count). The van der Waals surface area contributed by atoms with Gasteiger partial charge in [-0.3, -0.25) is 9.48 Å². The van der Waals surface area contributed by atoms with E-state index in [1.807, 2.05) is 0 Å². The molecule has 0 saturated heterocycles. The molecule has 1 aliphatic rings. The topological polar surface area (TPSA) is 131 Å². The summed E-state index contributed by atoms with van der Waals surface area (Å²) < 4.78 is 95.1. The van der Waals surface area contributed by atoms with Gasteiger partial charge in [0.2, 0.25) is 0 Å². The van der Waals surface area contributed by atoms with Crippen LogP contribution in [0.2, 0.25) is 5.02 Å². The number of nitrogens with zero attached hydrogens (tertiary/aromatic N) is 2. The van der Waals surface area contributed by atoms with Gasteiger partial charge in [-0.1, -0.05) is 24.6 Å². The molecule has 230 valence electrons. The number of benzene rings is 1. The van der Waals surface area contributed by atoms with Crippen LogP contribution in [-0.4, -0.2) is 76.9 Å². The van der Waals surface area contributed by atoms with Crippen LogP contribution in [0, 0.1) is 5.92 Å². The van der Waals surface area contributed by atoms with Gasteiger partial charge >= 0.3 is 12.8 Å². The van der Waals surface area contributed by atoms with Gasteiger partial charge in [0, 0.05) is 24.9 Å². The minimum atomic E-state index is -4.50. The van der Waals surface area contributed by atoms with Crippen molar-refractivity contribution < 1.29 is 50.1 Å². The van der Waals surface area contributed by atoms with E-state index in [2.05, 4.69) is 15.2 Å². The average molecular weight is 632 g/mol. The Morgan fingerprint density at radius 1 is 1.34 bits per heavy atom. The maximum absolute atomic E-state index is 13.3. The number of halogens is 6. The number of hydrogen-bond acceptors (Lipinski definition) is 7. The maximum atomic E-state index is 13.3. The molecule has 1 saturated carbocycles. The van der Waals surface area contributed by atoms with Crippen molar-refractivity contribution in [1.29, 1.82) is 0 Å². The molecule has 3 N–H and O–H groups in total. The molecule has 4 atom stereocenters. The van der Waals surface area contributed by atoms with Crippen molar-refractivity contribution in [3.63, 3.8) is 0 Å². The second kappa shape index (κ2) is 12.4. The number of rotatable bonds is 10. The summed E-state index contributed by atoms with van der Waals surface area (Å²) in [5.74, 6) is -3.08. The van der Waals surface area contributed by atoms with E-state index in [9.17, 15) is 45.4 Å². The number of alkyl halides is 5. The predicted molar refractivity (Wildman–Crippen MR) is 140 cm³/mol. The molecule has 16 heteroatoms. The fourth-order valence-electron chi connectivity index (χ4n) is 4.70. The molecular formula is C25H31ClF5N3O6S. The average Bonchev–Trinajstić information content (AvgIpc) is 3.19. The zero-order chi connectivity index (χ0) is 30.9. The van der Waals surface area contributed by atoms with Crippen LogP contribution in [0.3, 0.4) is 0 Å². The molecule has 1 aromatic carbocycles. The Morgan fingerprint density at radius 3 is 2.54 bits per heavy atom. The summed E-state index contributed by atoms with van der Waals surface area (Å²) in [6, 6.07) is 3.62. The van der Waals surface area contributed by atoms with Crippen molar-refractivity contribution in [2.45, 2.75) is 75.8 Å². The molecule has 1 aliphatic carbocycles. The van der Waals surface area contributed by atoms with Crippen LogP contribution in [0.15, 0.2) is 18.2 Å². The molecular weight excluding hydrogens is 601 g/mol. The molecule has 0 spiro atoms. The van der Waals surface area contributed by atoms with Crippen LogP contribution in [0.4, 0.5) is 22.0 Å². The zero-order valence-corrected chi connectivity index (χ0v) is 24.0. The number of carbonyl (C=O) groups is 1. The number of ether oxygens (including phenoxy) is 1. The van der Waals surface area contributed by atoms with E-state index in [4.69, 9.17) is 11.6 Å². The predicted octanol–water partition coefficient (Wildman–Crippen LogP) is 3.98. The highest BCUT2D eigenvalue weighted by molar-refractivity contribution is 7.91. The number of amides is 1. The fourth-order valence-corrected chi connectivity index (χ4v) is 6.10. The summed E-state index contributed by atoms with van der Waals surface area (Å²) in [5.41, 5.74) is -2.12. The molecule has 1 fully saturated rings. The Bertz CT molecular complexity index is 1370. The molecule has 0 bridgehead atoms. The number of aliphatic hydroxyl groups is 2. The van der Waals surface area contributed by atoms with Crippen molar-refractivity contribution in [1.82, 2.24) is 15.1 Å². The van der Waals surface area contributed by atoms with Crippen LogP contribution in [0.25, 0.3) is 11.3 Å². The van der Waals surface area contributed by atoms with Crippen LogP contribution < -0.4 is 10.1 Å². The first kappa shape index (κ1) is 33.0. The van der Waals surface area contributed by atoms with Gasteiger partial charge in [-0.15, -0.1) is 0 Å². The summed E-state index contributed by atoms with van der Waals surface area (Å²) in [4.78, 5) is 13.0. The second-order valence-corrected chi connectivity index (χ2v) is 12.9. The summed E-state index contributed by atoms with van der Waals surface area (Å²) in [7, 11) is -3.44. The van der Waals surface area contributed by atoms with Crippen LogP contribution >= 0.6 is 11.6 Å². The monoisotopic (exact) mass is 631 g/mol. The zero-order valence-electron chi connectivity index (χ0n) is 22.4. The smallest absolute Gasteiger partial charge is 0.391 e. The Hall–Kier alpha value is -2.49. The maximum Gasteiger partial charge on any atom is 0.391 e. The third kappa shape index (κ3) is 7.67. The lowest BCUT2D eigenvalue weighted by Gasteiger charge is -2.39. The first-order chi connectivity index (χ1) is 18.9. The van der Waals surface area contributed by atoms with E-state index in [0.29, 0.717) is 0 Å². The lowest BCUT2D eigenvalue weighted by molar-refractivity contribution is -0.169. The normalized spacial score (nSPS) is 22.5. The fraction of sp³-hybridized carbons (Fsp3) is 0.600. The van der Waals surface area contributed by atoms with Gasteiger partial charge in [0.05, 0.1) is 28.0 Å². The third-order valence-corrected chi connectivity index (χ3v) is 9.19. The Labute approximate surface area is 238 Å². The molecule has 1 heterocycles. The standard InChI is InChI=1S/C25H31ClF5N3O6S/c1-4-34-21(16-6-5-14(9-13(2)25(29,30)31)10-17(16)40-23(27)28)19(26)20(33-34)22(36)32-12-24(37)8-7-15(11-18(24)35)41(3,38)39/h5-6,10,13,15,18,23,35,37H,4,7-9,11-12H2,1-3H3,(H,32,36)/t13?,15-,18-,24-/m0/s1. The number of aliphatic hydroxyl groups excluding tert-OH is 1. The van der Waals surface area contributed by atoms with Crippen molar-refractivity contribution >= 4 is 27.3 Å². The minimum Gasteiger partial charge on any atom is -0.434 e. The summed E-state index contributed by atoms with van der Waals surface area (Å²) in [6.07, 6.45) is -5.64. The van der Waals surface area contributed by atoms with Crippen LogP contribution in [-0.2, 0) is 22.8 Å². The van der Waals surface area contributed by atoms with Crippen molar-refractivity contribution in [2.75, 3.05) is 12.8 Å². The summed E-state index contributed by atoms with van der Waals surface area (Å²) in [5, 5.41) is 26.7. The van der Waals surface area contributed by atoms with Gasteiger partial charge in [0.15, 0.2) is 5.69 Å². The first-order valence-electron chi connectivity index (χ1n) is 12.7. The molecule has 9 nitrogen and oxygen atoms in total. The lowest BCUT2D eigenvalue weighted by atomic mass is 9.82. The van der Waals surface area contributed by atoms with Gasteiger partial charge < -0.3 is 20.3 Å². The molecule has 0 radical (unpaired) electrons. The quantitative estimate of drug-likeness (QED) is 0.338. The van der Waals surface area contributed by atoms with Crippen molar-refractivity contribution in [2.24, 2.45) is 5.92 Å². The number of nitrogens with one attached hydrogen (secondary N) is 1. The number of sulfone groups is 1. The van der Waals surface area contributed by atoms with E-state index in [1.54, 1.807) is 6.92 Å². The minimum absolute atomic E-state index is 0.00204. The van der Waals surface area contributed by atoms with Gasteiger partial charge in [-0.25, -0.2) is 8.42 Å². The molecule has 2 aromatic rings. The second-order valence-electron chi connectivity index (χ2n) is 10.2. The van der Waals surface area contributed by atoms with Crippen molar-refractivity contribution in [3.05, 3.63) is 34.5 Å². The highest BCUT2D eigenvalue weighted by atomic mass is 35.5. The first-order valence-corrected chi connectivity index (χ1v) is 15.0. The van der Waals surface area contributed by atoms with Crippen LogP contribution in [0.5, 0.6) is 5.75 Å². The third-order valence-electron chi connectivity index (χ3n) is 7.19. The number of aromatic nitrogens is 2. The molecule has 41 heavy (non-hydrogen) atoms. The lowest BCUT2D eigenvalue weighted by Crippen LogP contribution is -2.56. The number of aryl methyl sites for hydroxylation is 1. The Balaban J connectivity index is 1.89. The number of carbonyl (C=O) groups excluding carboxylic acids is 1. The Kier molecular flexibility index (Phi) is 9.98. The molecule has 0 aliphatic heterocycles. The van der Waals surface area contributed by atoms with E-state index in [0.717, 1.165) is 19.2 Å². The highest BCUT2D eigenvalue weighted by Gasteiger charge is 2.44. The molecule has 1 aromatic heterocycles. The molecule has 1 amide bonds. The van der Waals surface area contributed by atoms with Crippen molar-refractivity contribution in [3.8, 4) is 17.0 Å². The van der Waals surface area contributed by atoms with E-state index in [-0.39, 0.29) is 53.3 Å². The largest absolute Gasteiger partial charge is 0.434 e. The SMILES string of the molecule is CCn1nc(C(=O)NC[C@@]2(O)CC[C@H](S(C)(=O)=O)C[C@@H]2O)c(Cl)c1-c1ccc(CC(C)C(F)(F)F)cc1OC(F)F. The molecule has 1 unspecified atom stereocenters. The summed E-state index contributed by atoms with van der Waals surface area (Å²) in [6.45, 7) is -1.07. The van der Waals surface area contributed by atoms with Gasteiger partial charge in [-0.2, -0.15) is 27.1 Å². The highest BCUT2D eigenvalue weighted by Crippen LogP contribution is 2.39. The summed E-state index contributed by atoms with van der Waals surface area (Å²) >= 11 is 6.47. The number of hydrogen-bond donors (Lipinski definition) is 3. The van der Waals surface area contributed by atoms with E-state index < -0.39 is 70.1 Å². The van der Waals surface area contributed by atoms with Crippen LogP contribution in [0.1, 0.15) is 49.2 Å². The van der Waals surface area contributed by atoms with E-state index in [1.165, 1.54) is 16.8 Å². The van der Waals surface area contributed by atoms with Gasteiger partial charge in [-0.05, 0) is 50.3 Å². The van der Waals surface area contributed by atoms with E-state index >= 15 is 0 Å². The van der Waals surface area contributed by atoms with Gasteiger partial charge in [0.1, 0.15) is 21.2 Å². The van der Waals surface area contributed by atoms with Gasteiger partial charge in [0.25, 0.3) is 5.91 Å². The Morgan fingerprint density at radius 2 is 2.00 bits per heavy atom.